The van der Waals surface area contributed by atoms with Crippen molar-refractivity contribution >= 4 is 23.6 Å². The van der Waals surface area contributed by atoms with Crippen molar-refractivity contribution in [2.75, 3.05) is 11.9 Å². The van der Waals surface area contributed by atoms with E-state index in [1.54, 1.807) is 49.9 Å². The first-order chi connectivity index (χ1) is 14.0. The maximum absolute atomic E-state index is 12.9. The number of hydrogen-bond acceptors (Lipinski definition) is 4. The standard InChI is InChI=1S/C23H33N3O4/c1-8-13-26-15(4)18(20(27)30-14(2)3)19(25-22(26)29)16-9-11-17(12-10-16)24-21(28)23(5,6)7/h9-12,14,19H,8,13H2,1-7H3,(H,24,28)(H,25,29). The minimum atomic E-state index is -0.621. The van der Waals surface area contributed by atoms with Crippen LogP contribution in [0.5, 0.6) is 0 Å². The number of benzene rings is 1. The lowest BCUT2D eigenvalue weighted by molar-refractivity contribution is -0.143. The van der Waals surface area contributed by atoms with E-state index in [0.717, 1.165) is 12.0 Å². The molecule has 3 amide bonds. The van der Waals surface area contributed by atoms with Gasteiger partial charge in [-0.2, -0.15) is 0 Å². The molecule has 2 rings (SSSR count). The van der Waals surface area contributed by atoms with Gasteiger partial charge in [-0.1, -0.05) is 39.8 Å². The zero-order chi connectivity index (χ0) is 22.6. The third-order valence-corrected chi connectivity index (χ3v) is 4.79. The van der Waals surface area contributed by atoms with Crippen molar-refractivity contribution in [2.24, 2.45) is 5.41 Å². The second-order valence-electron chi connectivity index (χ2n) is 8.81. The lowest BCUT2D eigenvalue weighted by atomic mass is 9.94. The summed E-state index contributed by atoms with van der Waals surface area (Å²) in [5.41, 5.74) is 1.90. The number of esters is 1. The maximum atomic E-state index is 12.9. The molecule has 0 saturated heterocycles. The van der Waals surface area contributed by atoms with Crippen LogP contribution in [0.2, 0.25) is 0 Å². The highest BCUT2D eigenvalue weighted by Crippen LogP contribution is 2.32. The van der Waals surface area contributed by atoms with Gasteiger partial charge in [0, 0.05) is 23.3 Å². The summed E-state index contributed by atoms with van der Waals surface area (Å²) in [7, 11) is 0. The van der Waals surface area contributed by atoms with Crippen LogP contribution in [-0.4, -0.2) is 35.5 Å². The first-order valence-electron chi connectivity index (χ1n) is 10.4. The molecule has 2 N–H and O–H groups in total. The number of rotatable bonds is 6. The quantitative estimate of drug-likeness (QED) is 0.675. The summed E-state index contributed by atoms with van der Waals surface area (Å²) >= 11 is 0. The molecule has 1 aliphatic heterocycles. The summed E-state index contributed by atoms with van der Waals surface area (Å²) in [4.78, 5) is 39.3. The van der Waals surface area contributed by atoms with Crippen molar-refractivity contribution < 1.29 is 19.1 Å². The summed E-state index contributed by atoms with van der Waals surface area (Å²) in [5.74, 6) is -0.535. The van der Waals surface area contributed by atoms with Gasteiger partial charge in [0.25, 0.3) is 0 Å². The Morgan fingerprint density at radius 2 is 1.80 bits per heavy atom. The van der Waals surface area contributed by atoms with Gasteiger partial charge in [-0.05, 0) is 44.9 Å². The van der Waals surface area contributed by atoms with Gasteiger partial charge in [0.1, 0.15) is 0 Å². The van der Waals surface area contributed by atoms with Gasteiger partial charge in [-0.15, -0.1) is 0 Å². The van der Waals surface area contributed by atoms with E-state index in [1.165, 1.54) is 0 Å². The lowest BCUT2D eigenvalue weighted by Crippen LogP contribution is -2.48. The van der Waals surface area contributed by atoms with Crippen molar-refractivity contribution in [1.29, 1.82) is 0 Å². The SMILES string of the molecule is CCCN1C(=O)NC(c2ccc(NC(=O)C(C)(C)C)cc2)C(C(=O)OC(C)C)=C1C. The van der Waals surface area contributed by atoms with Gasteiger partial charge in [0.05, 0.1) is 17.7 Å². The largest absolute Gasteiger partial charge is 0.459 e. The zero-order valence-electron chi connectivity index (χ0n) is 19.0. The lowest BCUT2D eigenvalue weighted by Gasteiger charge is -2.35. The molecule has 0 aliphatic carbocycles. The van der Waals surface area contributed by atoms with E-state index < -0.39 is 17.4 Å². The molecule has 0 fully saturated rings. The second-order valence-corrected chi connectivity index (χ2v) is 8.81. The minimum absolute atomic E-state index is 0.0895. The average molecular weight is 416 g/mol. The number of allylic oxidation sites excluding steroid dienone is 1. The molecular formula is C23H33N3O4. The highest BCUT2D eigenvalue weighted by Gasteiger charge is 2.36. The highest BCUT2D eigenvalue weighted by atomic mass is 16.5. The molecule has 0 aromatic heterocycles. The molecule has 1 unspecified atom stereocenters. The molecule has 1 aromatic rings. The Hall–Kier alpha value is -2.83. The number of hydrogen-bond donors (Lipinski definition) is 2. The van der Waals surface area contributed by atoms with Crippen LogP contribution in [0.15, 0.2) is 35.5 Å². The van der Waals surface area contributed by atoms with Gasteiger partial charge in [-0.25, -0.2) is 9.59 Å². The predicted octanol–water partition coefficient (Wildman–Crippen LogP) is 4.37. The number of anilines is 1. The third-order valence-electron chi connectivity index (χ3n) is 4.79. The van der Waals surface area contributed by atoms with Crippen LogP contribution in [0.4, 0.5) is 10.5 Å². The van der Waals surface area contributed by atoms with E-state index in [4.69, 9.17) is 4.74 Å². The van der Waals surface area contributed by atoms with Crippen LogP contribution in [-0.2, 0) is 14.3 Å². The first-order valence-corrected chi connectivity index (χ1v) is 10.4. The van der Waals surface area contributed by atoms with Gasteiger partial charge in [0.2, 0.25) is 5.91 Å². The molecule has 7 heteroatoms. The smallest absolute Gasteiger partial charge is 0.338 e. The van der Waals surface area contributed by atoms with Crippen LogP contribution in [0.1, 0.15) is 66.5 Å². The summed E-state index contributed by atoms with van der Waals surface area (Å²) in [6.45, 7) is 13.4. The Labute approximate surface area is 178 Å². The normalized spacial score (nSPS) is 17.1. The Kier molecular flexibility index (Phi) is 7.29. The van der Waals surface area contributed by atoms with E-state index in [9.17, 15) is 14.4 Å². The molecule has 1 heterocycles. The summed E-state index contributed by atoms with van der Waals surface area (Å²) in [6, 6.07) is 6.27. The molecule has 164 valence electrons. The Morgan fingerprint density at radius 1 is 1.20 bits per heavy atom. The first kappa shape index (κ1) is 23.4. The van der Waals surface area contributed by atoms with Crippen LogP contribution in [0, 0.1) is 5.41 Å². The zero-order valence-corrected chi connectivity index (χ0v) is 19.0. The fourth-order valence-electron chi connectivity index (χ4n) is 3.14. The highest BCUT2D eigenvalue weighted by molar-refractivity contribution is 5.96. The van der Waals surface area contributed by atoms with E-state index in [0.29, 0.717) is 23.5 Å². The molecule has 30 heavy (non-hydrogen) atoms. The van der Waals surface area contributed by atoms with Crippen LogP contribution in [0.3, 0.4) is 0 Å². The van der Waals surface area contributed by atoms with E-state index in [-0.39, 0.29) is 18.0 Å². The second kappa shape index (κ2) is 9.32. The number of ether oxygens (including phenoxy) is 1. The topological polar surface area (TPSA) is 87.7 Å². The van der Waals surface area contributed by atoms with Crippen LogP contribution < -0.4 is 10.6 Å². The Morgan fingerprint density at radius 3 is 2.30 bits per heavy atom. The Bertz CT molecular complexity index is 835. The van der Waals surface area contributed by atoms with Crippen molar-refractivity contribution in [3.63, 3.8) is 0 Å². The number of carbonyl (C=O) groups excluding carboxylic acids is 3. The van der Waals surface area contributed by atoms with Crippen molar-refractivity contribution in [3.8, 4) is 0 Å². The molecule has 1 atom stereocenters. The number of urea groups is 1. The van der Waals surface area contributed by atoms with Crippen molar-refractivity contribution in [1.82, 2.24) is 10.2 Å². The monoisotopic (exact) mass is 415 g/mol. The average Bonchev–Trinajstić information content (AvgIpc) is 2.63. The molecule has 0 spiro atoms. The molecule has 7 nitrogen and oxygen atoms in total. The number of amides is 3. The van der Waals surface area contributed by atoms with E-state index in [1.807, 2.05) is 27.7 Å². The molecule has 0 saturated carbocycles. The summed E-state index contributed by atoms with van der Waals surface area (Å²) in [6.07, 6.45) is 0.495. The van der Waals surface area contributed by atoms with Gasteiger partial charge < -0.3 is 15.4 Å². The van der Waals surface area contributed by atoms with Gasteiger partial charge in [0.15, 0.2) is 0 Å². The number of nitrogens with zero attached hydrogens (tertiary/aromatic N) is 1. The predicted molar refractivity (Wildman–Crippen MR) is 117 cm³/mol. The molecule has 1 aromatic carbocycles. The molecule has 1 aliphatic rings. The minimum Gasteiger partial charge on any atom is -0.459 e. The van der Waals surface area contributed by atoms with Crippen molar-refractivity contribution in [3.05, 3.63) is 41.1 Å². The molecule has 0 bridgehead atoms. The van der Waals surface area contributed by atoms with E-state index in [2.05, 4.69) is 10.6 Å². The van der Waals surface area contributed by atoms with Crippen LogP contribution >= 0.6 is 0 Å². The number of nitrogens with one attached hydrogen (secondary N) is 2. The van der Waals surface area contributed by atoms with Crippen LogP contribution in [0.25, 0.3) is 0 Å². The molecule has 0 radical (unpaired) electrons. The van der Waals surface area contributed by atoms with Gasteiger partial charge in [-0.3, -0.25) is 9.69 Å². The fraction of sp³-hybridized carbons (Fsp3) is 0.522. The van der Waals surface area contributed by atoms with Gasteiger partial charge >= 0.3 is 12.0 Å². The Balaban J connectivity index is 2.38. The third kappa shape index (κ3) is 5.40. The fourth-order valence-corrected chi connectivity index (χ4v) is 3.14. The molecular weight excluding hydrogens is 382 g/mol. The summed E-state index contributed by atoms with van der Waals surface area (Å²) in [5, 5.41) is 5.80. The summed E-state index contributed by atoms with van der Waals surface area (Å²) < 4.78 is 5.46. The maximum Gasteiger partial charge on any atom is 0.338 e. The number of carbonyl (C=O) groups is 3. The van der Waals surface area contributed by atoms with Crippen molar-refractivity contribution in [2.45, 2.75) is 67.0 Å². The van der Waals surface area contributed by atoms with E-state index >= 15 is 0 Å².